The van der Waals surface area contributed by atoms with Gasteiger partial charge in [0.05, 0.1) is 18.1 Å². The number of hydrogen-bond donors (Lipinski definition) is 2. The molecule has 0 amide bonds. The third-order valence-electron chi connectivity index (χ3n) is 5.27. The highest BCUT2D eigenvalue weighted by atomic mass is 16.4. The first-order valence-electron chi connectivity index (χ1n) is 9.77. The molecular formula is C23H24N4O2. The average Bonchev–Trinajstić information content (AvgIpc) is 3.16. The standard InChI is InChI=1S/C23H24N4O2/c1-16(23(28)29)11-20-12-25-22(13-24-20)26-19-9-10-27(15-19)14-18-7-4-6-17-5-2-3-8-21(17)18/h2-8,11-13,19H,9-10,14-15H2,1H3,(H,25,26)(H,28,29)/b16-11+/t19-/m1/s1. The van der Waals surface area contributed by atoms with Crippen LogP contribution in [0.4, 0.5) is 5.82 Å². The molecule has 0 aliphatic carbocycles. The van der Waals surface area contributed by atoms with Gasteiger partial charge >= 0.3 is 5.97 Å². The minimum absolute atomic E-state index is 0.236. The highest BCUT2D eigenvalue weighted by molar-refractivity contribution is 5.91. The van der Waals surface area contributed by atoms with E-state index in [4.69, 9.17) is 5.11 Å². The molecule has 1 fully saturated rings. The maximum Gasteiger partial charge on any atom is 0.331 e. The minimum atomic E-state index is -0.953. The Labute approximate surface area is 169 Å². The molecule has 1 saturated heterocycles. The van der Waals surface area contributed by atoms with Gasteiger partial charge < -0.3 is 10.4 Å². The lowest BCUT2D eigenvalue weighted by Crippen LogP contribution is -2.26. The maximum absolute atomic E-state index is 10.9. The summed E-state index contributed by atoms with van der Waals surface area (Å²) in [5, 5.41) is 15.0. The fourth-order valence-electron chi connectivity index (χ4n) is 3.75. The van der Waals surface area contributed by atoms with E-state index in [9.17, 15) is 4.79 Å². The van der Waals surface area contributed by atoms with Crippen LogP contribution in [0.5, 0.6) is 0 Å². The number of benzene rings is 2. The number of hydrogen-bond acceptors (Lipinski definition) is 5. The molecule has 1 aromatic heterocycles. The number of anilines is 1. The number of nitrogens with zero attached hydrogens (tertiary/aromatic N) is 3. The van der Waals surface area contributed by atoms with Crippen molar-refractivity contribution in [2.45, 2.75) is 25.9 Å². The summed E-state index contributed by atoms with van der Waals surface area (Å²) in [6.45, 7) is 4.46. The van der Waals surface area contributed by atoms with Crippen molar-refractivity contribution in [1.29, 1.82) is 0 Å². The van der Waals surface area contributed by atoms with Crippen molar-refractivity contribution in [3.63, 3.8) is 0 Å². The molecule has 2 heterocycles. The Hall–Kier alpha value is -3.25. The van der Waals surface area contributed by atoms with Crippen LogP contribution in [0.2, 0.25) is 0 Å². The zero-order chi connectivity index (χ0) is 20.2. The van der Waals surface area contributed by atoms with Gasteiger partial charge in [0.2, 0.25) is 0 Å². The van der Waals surface area contributed by atoms with E-state index >= 15 is 0 Å². The highest BCUT2D eigenvalue weighted by Crippen LogP contribution is 2.22. The van der Waals surface area contributed by atoms with Crippen LogP contribution < -0.4 is 5.32 Å². The van der Waals surface area contributed by atoms with Gasteiger partial charge in [0.25, 0.3) is 0 Å². The lowest BCUT2D eigenvalue weighted by molar-refractivity contribution is -0.132. The second-order valence-corrected chi connectivity index (χ2v) is 7.46. The summed E-state index contributed by atoms with van der Waals surface area (Å²) in [6.07, 6.45) is 5.82. The third kappa shape index (κ3) is 4.60. The van der Waals surface area contributed by atoms with E-state index in [0.29, 0.717) is 17.6 Å². The van der Waals surface area contributed by atoms with Crippen LogP contribution in [-0.2, 0) is 11.3 Å². The van der Waals surface area contributed by atoms with Crippen molar-refractivity contribution in [2.24, 2.45) is 0 Å². The maximum atomic E-state index is 10.9. The second kappa shape index (κ2) is 8.41. The Bertz CT molecular complexity index is 1040. The van der Waals surface area contributed by atoms with E-state index in [1.165, 1.54) is 22.4 Å². The molecule has 1 aliphatic rings. The van der Waals surface area contributed by atoms with Crippen LogP contribution >= 0.6 is 0 Å². The summed E-state index contributed by atoms with van der Waals surface area (Å²) < 4.78 is 0. The molecule has 29 heavy (non-hydrogen) atoms. The van der Waals surface area contributed by atoms with Gasteiger partial charge in [0, 0.05) is 31.2 Å². The molecule has 3 aromatic rings. The second-order valence-electron chi connectivity index (χ2n) is 7.46. The predicted octanol–water partition coefficient (Wildman–Crippen LogP) is 3.80. The number of aromatic nitrogens is 2. The molecule has 148 valence electrons. The number of carboxylic acids is 1. The normalized spacial score (nSPS) is 17.6. The monoisotopic (exact) mass is 388 g/mol. The topological polar surface area (TPSA) is 78.4 Å². The number of carboxylic acid groups (broad SMARTS) is 1. The largest absolute Gasteiger partial charge is 0.478 e. The van der Waals surface area contributed by atoms with Crippen molar-refractivity contribution in [3.05, 3.63) is 71.7 Å². The van der Waals surface area contributed by atoms with Crippen molar-refractivity contribution in [2.75, 3.05) is 18.4 Å². The quantitative estimate of drug-likeness (QED) is 0.626. The Morgan fingerprint density at radius 1 is 1.21 bits per heavy atom. The molecule has 4 rings (SSSR count). The molecule has 6 nitrogen and oxygen atoms in total. The van der Waals surface area contributed by atoms with Crippen LogP contribution in [0.25, 0.3) is 16.8 Å². The molecule has 1 atom stereocenters. The molecule has 6 heteroatoms. The highest BCUT2D eigenvalue weighted by Gasteiger charge is 2.23. The fraction of sp³-hybridized carbons (Fsp3) is 0.261. The summed E-state index contributed by atoms with van der Waals surface area (Å²) in [6, 6.07) is 15.3. The Kier molecular flexibility index (Phi) is 5.53. The van der Waals surface area contributed by atoms with Gasteiger partial charge in [-0.05, 0) is 35.8 Å². The molecule has 0 spiro atoms. The van der Waals surface area contributed by atoms with Gasteiger partial charge in [0.1, 0.15) is 5.82 Å². The number of aliphatic carboxylic acids is 1. The Balaban J connectivity index is 1.36. The van der Waals surface area contributed by atoms with Gasteiger partial charge in [-0.2, -0.15) is 0 Å². The SMILES string of the molecule is C/C(=C\c1cnc(N[C@@H]2CCN(Cc3cccc4ccccc34)C2)cn1)C(=O)O. The van der Waals surface area contributed by atoms with Crippen LogP contribution in [0.1, 0.15) is 24.6 Å². The predicted molar refractivity (Wildman–Crippen MR) is 115 cm³/mol. The van der Waals surface area contributed by atoms with E-state index in [1.807, 2.05) is 0 Å². The molecule has 1 aliphatic heterocycles. The molecule has 2 N–H and O–H groups in total. The summed E-state index contributed by atoms with van der Waals surface area (Å²) >= 11 is 0. The van der Waals surface area contributed by atoms with Crippen LogP contribution in [0.3, 0.4) is 0 Å². The fourth-order valence-corrected chi connectivity index (χ4v) is 3.75. The van der Waals surface area contributed by atoms with Crippen molar-refractivity contribution >= 4 is 28.6 Å². The average molecular weight is 388 g/mol. The number of rotatable bonds is 6. The van der Waals surface area contributed by atoms with E-state index in [-0.39, 0.29) is 5.57 Å². The van der Waals surface area contributed by atoms with Gasteiger partial charge in [-0.25, -0.2) is 9.78 Å². The van der Waals surface area contributed by atoms with Crippen LogP contribution in [0.15, 0.2) is 60.4 Å². The molecule has 2 aromatic carbocycles. The Morgan fingerprint density at radius 3 is 2.83 bits per heavy atom. The van der Waals surface area contributed by atoms with Crippen molar-refractivity contribution < 1.29 is 9.90 Å². The van der Waals surface area contributed by atoms with Crippen LogP contribution in [-0.4, -0.2) is 45.1 Å². The summed E-state index contributed by atoms with van der Waals surface area (Å²) in [5.74, 6) is -0.238. The van der Waals surface area contributed by atoms with Crippen molar-refractivity contribution in [1.82, 2.24) is 14.9 Å². The zero-order valence-corrected chi connectivity index (χ0v) is 16.4. The van der Waals surface area contributed by atoms with E-state index in [0.717, 1.165) is 26.1 Å². The summed E-state index contributed by atoms with van der Waals surface area (Å²) in [7, 11) is 0. The smallest absolute Gasteiger partial charge is 0.331 e. The van der Waals surface area contributed by atoms with E-state index in [2.05, 4.69) is 62.6 Å². The molecule has 0 saturated carbocycles. The first-order chi connectivity index (χ1) is 14.1. The lowest BCUT2D eigenvalue weighted by atomic mass is 10.0. The third-order valence-corrected chi connectivity index (χ3v) is 5.27. The van der Waals surface area contributed by atoms with E-state index in [1.54, 1.807) is 19.3 Å². The van der Waals surface area contributed by atoms with Gasteiger partial charge in [0.15, 0.2) is 0 Å². The molecular weight excluding hydrogens is 364 g/mol. The minimum Gasteiger partial charge on any atom is -0.478 e. The Morgan fingerprint density at radius 2 is 2.03 bits per heavy atom. The first-order valence-corrected chi connectivity index (χ1v) is 9.77. The van der Waals surface area contributed by atoms with Gasteiger partial charge in [-0.15, -0.1) is 0 Å². The summed E-state index contributed by atoms with van der Waals surface area (Å²) in [5.41, 5.74) is 2.13. The number of likely N-dealkylation sites (tertiary alicyclic amines) is 1. The summed E-state index contributed by atoms with van der Waals surface area (Å²) in [4.78, 5) is 22.0. The van der Waals surface area contributed by atoms with Crippen molar-refractivity contribution in [3.8, 4) is 0 Å². The van der Waals surface area contributed by atoms with E-state index < -0.39 is 5.97 Å². The lowest BCUT2D eigenvalue weighted by Gasteiger charge is -2.18. The number of carbonyl (C=O) groups is 1. The van der Waals surface area contributed by atoms with Gasteiger partial charge in [-0.3, -0.25) is 9.88 Å². The first kappa shape index (κ1) is 19.1. The number of nitrogens with one attached hydrogen (secondary N) is 1. The van der Waals surface area contributed by atoms with Crippen LogP contribution in [0, 0.1) is 0 Å². The molecule has 0 unspecified atom stereocenters. The molecule has 0 bridgehead atoms. The zero-order valence-electron chi connectivity index (χ0n) is 16.4. The van der Waals surface area contributed by atoms with Gasteiger partial charge in [-0.1, -0.05) is 42.5 Å². The molecule has 0 radical (unpaired) electrons. The number of fused-ring (bicyclic) bond motifs is 1.